The van der Waals surface area contributed by atoms with E-state index in [1.807, 2.05) is 24.8 Å². The van der Waals surface area contributed by atoms with Crippen LogP contribution in [0.2, 0.25) is 0 Å². The van der Waals surface area contributed by atoms with Gasteiger partial charge in [-0.15, -0.1) is 0 Å². The Hall–Kier alpha value is -2.70. The molecule has 1 aromatic carbocycles. The first-order chi connectivity index (χ1) is 13.5. The van der Waals surface area contributed by atoms with Crippen LogP contribution in [0.15, 0.2) is 30.3 Å². The maximum absolute atomic E-state index is 13.2. The predicted octanol–water partition coefficient (Wildman–Crippen LogP) is 2.74. The van der Waals surface area contributed by atoms with Crippen LogP contribution in [-0.2, 0) is 10.2 Å². The van der Waals surface area contributed by atoms with E-state index in [0.29, 0.717) is 19.0 Å². The summed E-state index contributed by atoms with van der Waals surface area (Å²) in [6.45, 7) is 7.58. The molecule has 1 N–H and O–H groups in total. The third-order valence-electron chi connectivity index (χ3n) is 5.62. The Morgan fingerprint density at radius 1 is 1.14 bits per heavy atom. The minimum absolute atomic E-state index is 0.172. The van der Waals surface area contributed by atoms with Crippen LogP contribution in [0.4, 0.5) is 16.2 Å². The van der Waals surface area contributed by atoms with Crippen LogP contribution >= 0.6 is 0 Å². The minimum Gasteiger partial charge on any atom is -0.354 e. The van der Waals surface area contributed by atoms with E-state index < -0.39 is 5.41 Å². The SMILES string of the molecule is CCNc1nc(C)cc(N2CCN(C(=O)C3(c4ccc(F)cc4)CC3)CC2)n1. The first kappa shape index (κ1) is 18.7. The van der Waals surface area contributed by atoms with Gasteiger partial charge in [0.1, 0.15) is 11.6 Å². The monoisotopic (exact) mass is 383 g/mol. The predicted molar refractivity (Wildman–Crippen MR) is 107 cm³/mol. The van der Waals surface area contributed by atoms with Gasteiger partial charge in [-0.3, -0.25) is 4.79 Å². The number of aromatic nitrogens is 2. The van der Waals surface area contributed by atoms with Crippen LogP contribution in [0.3, 0.4) is 0 Å². The Balaban J connectivity index is 1.43. The van der Waals surface area contributed by atoms with E-state index in [1.165, 1.54) is 12.1 Å². The third kappa shape index (κ3) is 3.53. The van der Waals surface area contributed by atoms with Gasteiger partial charge in [0, 0.05) is 44.5 Å². The Bertz CT molecular complexity index is 858. The molecule has 0 atom stereocenters. The molecular weight excluding hydrogens is 357 g/mol. The maximum Gasteiger partial charge on any atom is 0.233 e. The Kier molecular flexibility index (Phi) is 4.91. The van der Waals surface area contributed by atoms with E-state index in [2.05, 4.69) is 20.2 Å². The van der Waals surface area contributed by atoms with Crippen molar-refractivity contribution in [3.05, 3.63) is 47.4 Å². The summed E-state index contributed by atoms with van der Waals surface area (Å²) in [6, 6.07) is 8.38. The largest absolute Gasteiger partial charge is 0.354 e. The molecule has 1 saturated heterocycles. The van der Waals surface area contributed by atoms with Gasteiger partial charge in [-0.1, -0.05) is 12.1 Å². The standard InChI is InChI=1S/C21H26FN5O/c1-3-23-20-24-15(2)14-18(25-20)26-10-12-27(13-11-26)19(28)21(8-9-21)16-4-6-17(22)7-5-16/h4-7,14H,3,8-13H2,1-2H3,(H,23,24,25). The van der Waals surface area contributed by atoms with Gasteiger partial charge in [0.15, 0.2) is 0 Å². The number of nitrogens with zero attached hydrogens (tertiary/aromatic N) is 4. The molecule has 2 fully saturated rings. The van der Waals surface area contributed by atoms with Crippen molar-refractivity contribution < 1.29 is 9.18 Å². The lowest BCUT2D eigenvalue weighted by molar-refractivity contribution is -0.134. The average molecular weight is 383 g/mol. The molecule has 148 valence electrons. The topological polar surface area (TPSA) is 61.4 Å². The Labute approximate surface area is 164 Å². The normalized spacial score (nSPS) is 18.1. The lowest BCUT2D eigenvalue weighted by Gasteiger charge is -2.37. The molecule has 0 spiro atoms. The van der Waals surface area contributed by atoms with Crippen molar-refractivity contribution >= 4 is 17.7 Å². The van der Waals surface area contributed by atoms with E-state index in [4.69, 9.17) is 0 Å². The van der Waals surface area contributed by atoms with Gasteiger partial charge in [-0.25, -0.2) is 9.37 Å². The molecule has 4 rings (SSSR count). The zero-order valence-electron chi connectivity index (χ0n) is 16.4. The van der Waals surface area contributed by atoms with E-state index >= 15 is 0 Å². The summed E-state index contributed by atoms with van der Waals surface area (Å²) in [4.78, 5) is 26.3. The van der Waals surface area contributed by atoms with Gasteiger partial charge in [-0.2, -0.15) is 4.98 Å². The van der Waals surface area contributed by atoms with Crippen LogP contribution in [-0.4, -0.2) is 53.5 Å². The van der Waals surface area contributed by atoms with Gasteiger partial charge in [0.05, 0.1) is 5.41 Å². The van der Waals surface area contributed by atoms with Crippen molar-refractivity contribution in [1.29, 1.82) is 0 Å². The molecule has 0 radical (unpaired) electrons. The molecule has 1 aliphatic carbocycles. The van der Waals surface area contributed by atoms with E-state index in [9.17, 15) is 9.18 Å². The highest BCUT2D eigenvalue weighted by Gasteiger charge is 2.53. The maximum atomic E-state index is 13.2. The minimum atomic E-state index is -0.445. The van der Waals surface area contributed by atoms with Crippen molar-refractivity contribution in [2.45, 2.75) is 32.1 Å². The molecule has 6 nitrogen and oxygen atoms in total. The quantitative estimate of drug-likeness (QED) is 0.860. The van der Waals surface area contributed by atoms with Crippen LogP contribution in [0, 0.1) is 12.7 Å². The number of carbonyl (C=O) groups excluding carboxylic acids is 1. The van der Waals surface area contributed by atoms with Gasteiger partial charge < -0.3 is 15.1 Å². The van der Waals surface area contributed by atoms with E-state index in [1.54, 1.807) is 12.1 Å². The van der Waals surface area contributed by atoms with Crippen molar-refractivity contribution in [3.63, 3.8) is 0 Å². The zero-order valence-corrected chi connectivity index (χ0v) is 16.4. The van der Waals surface area contributed by atoms with Gasteiger partial charge in [-0.05, 0) is 44.4 Å². The van der Waals surface area contributed by atoms with Gasteiger partial charge >= 0.3 is 0 Å². The first-order valence-corrected chi connectivity index (χ1v) is 9.92. The second kappa shape index (κ2) is 7.37. The molecule has 2 aliphatic rings. The summed E-state index contributed by atoms with van der Waals surface area (Å²) in [5.41, 5.74) is 1.41. The van der Waals surface area contributed by atoms with Crippen molar-refractivity contribution in [3.8, 4) is 0 Å². The highest BCUT2D eigenvalue weighted by atomic mass is 19.1. The fraction of sp³-hybridized carbons (Fsp3) is 0.476. The van der Waals surface area contributed by atoms with Crippen molar-refractivity contribution in [2.24, 2.45) is 0 Å². The summed E-state index contributed by atoms with van der Waals surface area (Å²) in [7, 11) is 0. The average Bonchev–Trinajstić information content (AvgIpc) is 3.50. The van der Waals surface area contributed by atoms with Crippen LogP contribution in [0.1, 0.15) is 31.0 Å². The first-order valence-electron chi connectivity index (χ1n) is 9.92. The number of amides is 1. The van der Waals surface area contributed by atoms with Crippen molar-refractivity contribution in [1.82, 2.24) is 14.9 Å². The number of anilines is 2. The number of benzene rings is 1. The number of piperazine rings is 1. The summed E-state index contributed by atoms with van der Waals surface area (Å²) >= 11 is 0. The number of nitrogens with one attached hydrogen (secondary N) is 1. The van der Waals surface area contributed by atoms with Crippen LogP contribution in [0.25, 0.3) is 0 Å². The lowest BCUT2D eigenvalue weighted by atomic mass is 9.94. The number of aryl methyl sites for hydroxylation is 1. The van der Waals surface area contributed by atoms with Gasteiger partial charge in [0.2, 0.25) is 11.9 Å². The molecule has 1 amide bonds. The molecule has 1 aromatic heterocycles. The number of hydrogen-bond acceptors (Lipinski definition) is 5. The van der Waals surface area contributed by atoms with Crippen LogP contribution in [0.5, 0.6) is 0 Å². The van der Waals surface area contributed by atoms with Crippen LogP contribution < -0.4 is 10.2 Å². The molecule has 28 heavy (non-hydrogen) atoms. The molecule has 2 aromatic rings. The molecule has 0 unspecified atom stereocenters. The van der Waals surface area contributed by atoms with E-state index in [0.717, 1.165) is 49.6 Å². The second-order valence-corrected chi connectivity index (χ2v) is 7.59. The van der Waals surface area contributed by atoms with Gasteiger partial charge in [0.25, 0.3) is 0 Å². The highest BCUT2D eigenvalue weighted by Crippen LogP contribution is 2.49. The highest BCUT2D eigenvalue weighted by molar-refractivity contribution is 5.91. The number of carbonyl (C=O) groups is 1. The molecule has 1 saturated carbocycles. The smallest absolute Gasteiger partial charge is 0.233 e. The molecule has 0 bridgehead atoms. The molecule has 2 heterocycles. The summed E-state index contributed by atoms with van der Waals surface area (Å²) in [6.07, 6.45) is 1.68. The zero-order chi connectivity index (χ0) is 19.7. The number of hydrogen-bond donors (Lipinski definition) is 1. The third-order valence-corrected chi connectivity index (χ3v) is 5.62. The lowest BCUT2D eigenvalue weighted by Crippen LogP contribution is -2.51. The number of rotatable bonds is 5. The fourth-order valence-electron chi connectivity index (χ4n) is 3.91. The fourth-order valence-corrected chi connectivity index (χ4v) is 3.91. The van der Waals surface area contributed by atoms with E-state index in [-0.39, 0.29) is 11.7 Å². The number of halogens is 1. The summed E-state index contributed by atoms with van der Waals surface area (Å²) in [5.74, 6) is 1.45. The molecular formula is C21H26FN5O. The Morgan fingerprint density at radius 2 is 1.82 bits per heavy atom. The summed E-state index contributed by atoms with van der Waals surface area (Å²) < 4.78 is 13.2. The molecule has 7 heteroatoms. The molecule has 1 aliphatic heterocycles. The second-order valence-electron chi connectivity index (χ2n) is 7.59. The summed E-state index contributed by atoms with van der Waals surface area (Å²) in [5, 5.41) is 3.17. The van der Waals surface area contributed by atoms with Crippen molar-refractivity contribution in [2.75, 3.05) is 42.9 Å². The Morgan fingerprint density at radius 3 is 2.43 bits per heavy atom.